The molecule has 1 N–H and O–H groups in total. The third kappa shape index (κ3) is 3.17. The molecule has 0 bridgehead atoms. The lowest BCUT2D eigenvalue weighted by molar-refractivity contribution is 0.241. The van der Waals surface area contributed by atoms with E-state index in [1.54, 1.807) is 18.7 Å². The molecule has 5 heteroatoms. The normalized spacial score (nSPS) is 10.7. The minimum Gasteiger partial charge on any atom is -0.489 e. The summed E-state index contributed by atoms with van der Waals surface area (Å²) in [7, 11) is 0. The van der Waals surface area contributed by atoms with Crippen LogP contribution in [0, 0.1) is 4.64 Å². The molecule has 0 saturated heterocycles. The number of nitrogens with zero attached hydrogens (tertiary/aromatic N) is 2. The van der Waals surface area contributed by atoms with Gasteiger partial charge in [-0.1, -0.05) is 19.1 Å². The van der Waals surface area contributed by atoms with E-state index in [4.69, 9.17) is 17.0 Å². The second-order valence-corrected chi connectivity index (χ2v) is 4.88. The Morgan fingerprint density at radius 1 is 1.37 bits per heavy atom. The Morgan fingerprint density at radius 3 is 2.84 bits per heavy atom. The number of rotatable bonds is 4. The summed E-state index contributed by atoms with van der Waals surface area (Å²) in [4.78, 5) is 11.5. The lowest BCUT2D eigenvalue weighted by atomic mass is 10.1. The van der Waals surface area contributed by atoms with Crippen LogP contribution in [0.2, 0.25) is 0 Å². The molecule has 4 nitrogen and oxygen atoms in total. The SMILES string of the molecule is CCc1c(-c2cncc(OC(C)C)c2)[nH]cnc1=S. The molecule has 0 aliphatic heterocycles. The Labute approximate surface area is 117 Å². The van der Waals surface area contributed by atoms with Gasteiger partial charge in [-0.15, -0.1) is 0 Å². The summed E-state index contributed by atoms with van der Waals surface area (Å²) in [6, 6.07) is 1.97. The molecule has 2 rings (SSSR count). The van der Waals surface area contributed by atoms with E-state index in [-0.39, 0.29) is 6.10 Å². The third-order valence-electron chi connectivity index (χ3n) is 2.68. The van der Waals surface area contributed by atoms with E-state index in [0.717, 1.165) is 29.0 Å². The van der Waals surface area contributed by atoms with Crippen molar-refractivity contribution in [3.8, 4) is 17.0 Å². The highest BCUT2D eigenvalue weighted by atomic mass is 32.1. The van der Waals surface area contributed by atoms with Gasteiger partial charge in [-0.3, -0.25) is 4.98 Å². The van der Waals surface area contributed by atoms with Crippen LogP contribution in [0.4, 0.5) is 0 Å². The predicted molar refractivity (Wildman–Crippen MR) is 77.8 cm³/mol. The van der Waals surface area contributed by atoms with E-state index in [9.17, 15) is 0 Å². The van der Waals surface area contributed by atoms with Gasteiger partial charge in [0.15, 0.2) is 0 Å². The van der Waals surface area contributed by atoms with Gasteiger partial charge in [-0.05, 0) is 26.3 Å². The van der Waals surface area contributed by atoms with Crippen LogP contribution < -0.4 is 4.74 Å². The monoisotopic (exact) mass is 275 g/mol. The molecule has 2 aromatic rings. The first kappa shape index (κ1) is 13.7. The smallest absolute Gasteiger partial charge is 0.138 e. The molecule has 19 heavy (non-hydrogen) atoms. The summed E-state index contributed by atoms with van der Waals surface area (Å²) in [6.07, 6.45) is 6.08. The van der Waals surface area contributed by atoms with Gasteiger partial charge in [0.2, 0.25) is 0 Å². The van der Waals surface area contributed by atoms with Crippen molar-refractivity contribution in [2.45, 2.75) is 33.3 Å². The van der Waals surface area contributed by atoms with Crippen molar-refractivity contribution in [2.24, 2.45) is 0 Å². The molecule has 0 aliphatic rings. The summed E-state index contributed by atoms with van der Waals surface area (Å²) in [6.45, 7) is 6.04. The molecule has 2 heterocycles. The van der Waals surface area contributed by atoms with Gasteiger partial charge < -0.3 is 9.72 Å². The van der Waals surface area contributed by atoms with E-state index in [0.29, 0.717) is 4.64 Å². The van der Waals surface area contributed by atoms with Gasteiger partial charge >= 0.3 is 0 Å². The molecular weight excluding hydrogens is 258 g/mol. The first-order valence-electron chi connectivity index (χ1n) is 6.30. The second-order valence-electron chi connectivity index (χ2n) is 4.49. The van der Waals surface area contributed by atoms with E-state index in [2.05, 4.69) is 21.9 Å². The standard InChI is InChI=1S/C14H17N3OS/c1-4-12-13(16-8-17-14(12)19)10-5-11(7-15-6-10)18-9(2)3/h5-9H,4H2,1-3H3,(H,16,17,19). The Kier molecular flexibility index (Phi) is 4.27. The molecule has 0 radical (unpaired) electrons. The van der Waals surface area contributed by atoms with Gasteiger partial charge in [-0.25, -0.2) is 4.98 Å². The Hall–Kier alpha value is -1.75. The van der Waals surface area contributed by atoms with Crippen molar-refractivity contribution in [1.82, 2.24) is 15.0 Å². The minimum atomic E-state index is 0.124. The highest BCUT2D eigenvalue weighted by Crippen LogP contribution is 2.24. The lowest BCUT2D eigenvalue weighted by Gasteiger charge is -2.12. The number of aromatic amines is 1. The topological polar surface area (TPSA) is 50.8 Å². The molecule has 0 unspecified atom stereocenters. The van der Waals surface area contributed by atoms with Crippen LogP contribution in [-0.4, -0.2) is 21.1 Å². The number of nitrogens with one attached hydrogen (secondary N) is 1. The van der Waals surface area contributed by atoms with Gasteiger partial charge in [0.1, 0.15) is 10.4 Å². The molecule has 0 spiro atoms. The highest BCUT2D eigenvalue weighted by molar-refractivity contribution is 7.71. The fraction of sp³-hybridized carbons (Fsp3) is 0.357. The number of H-pyrrole nitrogens is 1. The van der Waals surface area contributed by atoms with Crippen LogP contribution in [0.3, 0.4) is 0 Å². The molecule has 0 amide bonds. The first-order valence-corrected chi connectivity index (χ1v) is 6.71. The number of ether oxygens (including phenoxy) is 1. The lowest BCUT2D eigenvalue weighted by Crippen LogP contribution is -2.06. The maximum Gasteiger partial charge on any atom is 0.138 e. The number of hydrogen-bond acceptors (Lipinski definition) is 4. The largest absolute Gasteiger partial charge is 0.489 e. The summed E-state index contributed by atoms with van der Waals surface area (Å²) < 4.78 is 6.29. The van der Waals surface area contributed by atoms with Gasteiger partial charge in [-0.2, -0.15) is 0 Å². The van der Waals surface area contributed by atoms with Crippen LogP contribution in [0.25, 0.3) is 11.3 Å². The summed E-state index contributed by atoms with van der Waals surface area (Å²) in [5.74, 6) is 0.755. The molecular formula is C14H17N3OS. The van der Waals surface area contributed by atoms with Crippen LogP contribution in [0.1, 0.15) is 26.3 Å². The van der Waals surface area contributed by atoms with Gasteiger partial charge in [0.05, 0.1) is 24.3 Å². The fourth-order valence-corrected chi connectivity index (χ4v) is 2.20. The van der Waals surface area contributed by atoms with E-state index in [1.165, 1.54) is 0 Å². The van der Waals surface area contributed by atoms with Crippen molar-refractivity contribution in [1.29, 1.82) is 0 Å². The molecule has 0 atom stereocenters. The van der Waals surface area contributed by atoms with Crippen molar-refractivity contribution in [3.63, 3.8) is 0 Å². The van der Waals surface area contributed by atoms with Crippen molar-refractivity contribution >= 4 is 12.2 Å². The summed E-state index contributed by atoms with van der Waals surface area (Å²) >= 11 is 5.26. The Bertz CT molecular complexity index is 622. The minimum absolute atomic E-state index is 0.124. The average molecular weight is 275 g/mol. The zero-order valence-corrected chi connectivity index (χ0v) is 12.1. The van der Waals surface area contributed by atoms with Gasteiger partial charge in [0.25, 0.3) is 0 Å². The number of aromatic nitrogens is 3. The Balaban J connectivity index is 2.47. The molecule has 100 valence electrons. The van der Waals surface area contributed by atoms with Crippen molar-refractivity contribution in [2.75, 3.05) is 0 Å². The Morgan fingerprint density at radius 2 is 2.16 bits per heavy atom. The molecule has 0 aromatic carbocycles. The molecule has 0 fully saturated rings. The van der Waals surface area contributed by atoms with Crippen LogP contribution in [0.15, 0.2) is 24.8 Å². The number of hydrogen-bond donors (Lipinski definition) is 1. The summed E-state index contributed by atoms with van der Waals surface area (Å²) in [5.41, 5.74) is 2.95. The van der Waals surface area contributed by atoms with Crippen LogP contribution in [-0.2, 0) is 6.42 Å². The maximum absolute atomic E-state index is 5.66. The summed E-state index contributed by atoms with van der Waals surface area (Å²) in [5, 5.41) is 0. The van der Waals surface area contributed by atoms with Crippen LogP contribution >= 0.6 is 12.2 Å². The third-order valence-corrected chi connectivity index (χ3v) is 3.03. The highest BCUT2D eigenvalue weighted by Gasteiger charge is 2.08. The van der Waals surface area contributed by atoms with E-state index in [1.807, 2.05) is 19.9 Å². The average Bonchev–Trinajstić information content (AvgIpc) is 2.38. The van der Waals surface area contributed by atoms with E-state index < -0.39 is 0 Å². The predicted octanol–water partition coefficient (Wildman–Crippen LogP) is 3.55. The fourth-order valence-electron chi connectivity index (χ4n) is 1.91. The quantitative estimate of drug-likeness (QED) is 0.867. The van der Waals surface area contributed by atoms with Crippen molar-refractivity contribution in [3.05, 3.63) is 35.0 Å². The second kappa shape index (κ2) is 5.93. The zero-order valence-electron chi connectivity index (χ0n) is 11.3. The van der Waals surface area contributed by atoms with E-state index >= 15 is 0 Å². The zero-order chi connectivity index (χ0) is 13.8. The van der Waals surface area contributed by atoms with Crippen LogP contribution in [0.5, 0.6) is 5.75 Å². The molecule has 0 saturated carbocycles. The van der Waals surface area contributed by atoms with Gasteiger partial charge in [0, 0.05) is 17.3 Å². The first-order chi connectivity index (χ1) is 9.11. The molecule has 0 aliphatic carbocycles. The maximum atomic E-state index is 5.66. The molecule has 2 aromatic heterocycles. The van der Waals surface area contributed by atoms with Crippen molar-refractivity contribution < 1.29 is 4.74 Å². The number of pyridine rings is 1.